The van der Waals surface area contributed by atoms with Crippen LogP contribution < -0.4 is 14.8 Å². The predicted octanol–water partition coefficient (Wildman–Crippen LogP) is 3.17. The molecular formula is C17H22N2O2. The summed E-state index contributed by atoms with van der Waals surface area (Å²) in [5.41, 5.74) is 2.11. The highest BCUT2D eigenvalue weighted by Crippen LogP contribution is 2.17. The molecule has 0 aliphatic heterocycles. The fourth-order valence-corrected chi connectivity index (χ4v) is 1.88. The lowest BCUT2D eigenvalue weighted by Gasteiger charge is -2.08. The van der Waals surface area contributed by atoms with Gasteiger partial charge in [0.25, 0.3) is 0 Å². The highest BCUT2D eigenvalue weighted by Gasteiger charge is 1.99. The molecule has 0 atom stereocenters. The van der Waals surface area contributed by atoms with E-state index in [0.717, 1.165) is 36.7 Å². The molecule has 1 N–H and O–H groups in total. The lowest BCUT2D eigenvalue weighted by atomic mass is 10.2. The molecule has 4 heteroatoms. The van der Waals surface area contributed by atoms with Crippen LogP contribution in [0.4, 0.5) is 0 Å². The van der Waals surface area contributed by atoms with Crippen molar-refractivity contribution in [1.29, 1.82) is 0 Å². The van der Waals surface area contributed by atoms with Crippen LogP contribution in [0.3, 0.4) is 0 Å². The van der Waals surface area contributed by atoms with Crippen LogP contribution in [0.2, 0.25) is 0 Å². The number of hydrogen-bond donors (Lipinski definition) is 1. The van der Waals surface area contributed by atoms with Gasteiger partial charge in [-0.2, -0.15) is 0 Å². The maximum Gasteiger partial charge on any atom is 0.130 e. The molecular weight excluding hydrogens is 264 g/mol. The van der Waals surface area contributed by atoms with Gasteiger partial charge in [0.15, 0.2) is 0 Å². The van der Waals surface area contributed by atoms with Crippen LogP contribution in [0.5, 0.6) is 11.5 Å². The van der Waals surface area contributed by atoms with Crippen molar-refractivity contribution >= 4 is 0 Å². The SMILES string of the molecule is CCCNCc1ccc(COc2ccc(OC)cc2)nc1. The van der Waals surface area contributed by atoms with E-state index in [1.807, 2.05) is 36.5 Å². The summed E-state index contributed by atoms with van der Waals surface area (Å²) in [7, 11) is 1.65. The molecule has 1 heterocycles. The Kier molecular flexibility index (Phi) is 6.03. The van der Waals surface area contributed by atoms with Gasteiger partial charge in [-0.25, -0.2) is 0 Å². The minimum Gasteiger partial charge on any atom is -0.497 e. The molecule has 0 spiro atoms. The minimum absolute atomic E-state index is 0.467. The second kappa shape index (κ2) is 8.27. The topological polar surface area (TPSA) is 43.4 Å². The van der Waals surface area contributed by atoms with E-state index < -0.39 is 0 Å². The monoisotopic (exact) mass is 286 g/mol. The van der Waals surface area contributed by atoms with E-state index >= 15 is 0 Å². The van der Waals surface area contributed by atoms with Gasteiger partial charge in [0.1, 0.15) is 18.1 Å². The number of ether oxygens (including phenoxy) is 2. The zero-order chi connectivity index (χ0) is 14.9. The lowest BCUT2D eigenvalue weighted by Crippen LogP contribution is -2.14. The average molecular weight is 286 g/mol. The van der Waals surface area contributed by atoms with Gasteiger partial charge >= 0.3 is 0 Å². The number of nitrogens with one attached hydrogen (secondary N) is 1. The zero-order valence-corrected chi connectivity index (χ0v) is 12.6. The first-order chi connectivity index (χ1) is 10.3. The Hall–Kier alpha value is -2.07. The van der Waals surface area contributed by atoms with Crippen LogP contribution in [0.15, 0.2) is 42.6 Å². The third kappa shape index (κ3) is 5.08. The quantitative estimate of drug-likeness (QED) is 0.757. The summed E-state index contributed by atoms with van der Waals surface area (Å²) in [6, 6.07) is 11.6. The normalized spacial score (nSPS) is 10.4. The van der Waals surface area contributed by atoms with Gasteiger partial charge in [-0.15, -0.1) is 0 Å². The van der Waals surface area contributed by atoms with Crippen molar-refractivity contribution < 1.29 is 9.47 Å². The minimum atomic E-state index is 0.467. The van der Waals surface area contributed by atoms with Crippen molar-refractivity contribution in [2.45, 2.75) is 26.5 Å². The number of pyridine rings is 1. The van der Waals surface area contributed by atoms with E-state index in [0.29, 0.717) is 6.61 Å². The lowest BCUT2D eigenvalue weighted by molar-refractivity contribution is 0.300. The Morgan fingerprint density at radius 1 is 1.05 bits per heavy atom. The van der Waals surface area contributed by atoms with Gasteiger partial charge in [-0.1, -0.05) is 13.0 Å². The van der Waals surface area contributed by atoms with Crippen LogP contribution in [-0.2, 0) is 13.2 Å². The molecule has 0 saturated carbocycles. The average Bonchev–Trinajstić information content (AvgIpc) is 2.55. The molecule has 4 nitrogen and oxygen atoms in total. The summed E-state index contributed by atoms with van der Waals surface area (Å²) in [5, 5.41) is 3.36. The van der Waals surface area contributed by atoms with Crippen LogP contribution in [0.25, 0.3) is 0 Å². The largest absolute Gasteiger partial charge is 0.497 e. The first-order valence-corrected chi connectivity index (χ1v) is 7.23. The summed E-state index contributed by atoms with van der Waals surface area (Å²) >= 11 is 0. The van der Waals surface area contributed by atoms with E-state index in [1.165, 1.54) is 5.56 Å². The first-order valence-electron chi connectivity index (χ1n) is 7.23. The van der Waals surface area contributed by atoms with Crippen molar-refractivity contribution in [1.82, 2.24) is 10.3 Å². The van der Waals surface area contributed by atoms with Gasteiger partial charge in [0.2, 0.25) is 0 Å². The third-order valence-electron chi connectivity index (χ3n) is 3.09. The summed E-state index contributed by atoms with van der Waals surface area (Å²) in [6.45, 7) is 4.52. The standard InChI is InChI=1S/C17H22N2O2/c1-3-10-18-11-14-4-5-15(19-12-14)13-21-17-8-6-16(20-2)7-9-17/h4-9,12,18H,3,10-11,13H2,1-2H3. The van der Waals surface area contributed by atoms with Gasteiger partial charge < -0.3 is 14.8 Å². The fourth-order valence-electron chi connectivity index (χ4n) is 1.88. The number of nitrogens with zero attached hydrogens (tertiary/aromatic N) is 1. The molecule has 2 aromatic rings. The van der Waals surface area contributed by atoms with Crippen molar-refractivity contribution in [2.75, 3.05) is 13.7 Å². The number of methoxy groups -OCH3 is 1. The van der Waals surface area contributed by atoms with E-state index in [9.17, 15) is 0 Å². The summed E-state index contributed by atoms with van der Waals surface area (Å²) in [6.07, 6.45) is 3.04. The van der Waals surface area contributed by atoms with Crippen LogP contribution in [0, 0.1) is 0 Å². The highest BCUT2D eigenvalue weighted by atomic mass is 16.5. The molecule has 0 radical (unpaired) electrons. The second-order valence-electron chi connectivity index (χ2n) is 4.80. The molecule has 0 aliphatic rings. The number of aromatic nitrogens is 1. The first kappa shape index (κ1) is 15.3. The van der Waals surface area contributed by atoms with Crippen molar-refractivity contribution in [3.63, 3.8) is 0 Å². The van der Waals surface area contributed by atoms with E-state index in [-0.39, 0.29) is 0 Å². The predicted molar refractivity (Wildman–Crippen MR) is 83.6 cm³/mol. The van der Waals surface area contributed by atoms with Crippen LogP contribution >= 0.6 is 0 Å². The van der Waals surface area contributed by atoms with Gasteiger partial charge in [-0.3, -0.25) is 4.98 Å². The van der Waals surface area contributed by atoms with Crippen molar-refractivity contribution in [3.8, 4) is 11.5 Å². The smallest absolute Gasteiger partial charge is 0.130 e. The Bertz CT molecular complexity index is 523. The van der Waals surface area contributed by atoms with Crippen molar-refractivity contribution in [2.24, 2.45) is 0 Å². The van der Waals surface area contributed by atoms with Crippen LogP contribution in [0.1, 0.15) is 24.6 Å². The van der Waals surface area contributed by atoms with E-state index in [2.05, 4.69) is 23.3 Å². The van der Waals surface area contributed by atoms with Crippen LogP contribution in [-0.4, -0.2) is 18.6 Å². The maximum atomic E-state index is 5.70. The van der Waals surface area contributed by atoms with Gasteiger partial charge in [-0.05, 0) is 48.9 Å². The molecule has 0 fully saturated rings. The Balaban J connectivity index is 1.82. The van der Waals surface area contributed by atoms with Gasteiger partial charge in [0.05, 0.1) is 12.8 Å². The summed E-state index contributed by atoms with van der Waals surface area (Å²) < 4.78 is 10.8. The summed E-state index contributed by atoms with van der Waals surface area (Å²) in [5.74, 6) is 1.63. The molecule has 0 unspecified atom stereocenters. The Morgan fingerprint density at radius 3 is 2.43 bits per heavy atom. The highest BCUT2D eigenvalue weighted by molar-refractivity contribution is 5.31. The molecule has 1 aromatic heterocycles. The molecule has 0 bridgehead atoms. The molecule has 0 saturated heterocycles. The van der Waals surface area contributed by atoms with Gasteiger partial charge in [0, 0.05) is 12.7 Å². The molecule has 1 aromatic carbocycles. The molecule has 0 amide bonds. The second-order valence-corrected chi connectivity index (χ2v) is 4.80. The number of benzene rings is 1. The molecule has 112 valence electrons. The fraction of sp³-hybridized carbons (Fsp3) is 0.353. The third-order valence-corrected chi connectivity index (χ3v) is 3.09. The molecule has 2 rings (SSSR count). The zero-order valence-electron chi connectivity index (χ0n) is 12.6. The number of hydrogen-bond acceptors (Lipinski definition) is 4. The summed E-state index contributed by atoms with van der Waals surface area (Å²) in [4.78, 5) is 4.42. The van der Waals surface area contributed by atoms with E-state index in [4.69, 9.17) is 9.47 Å². The molecule has 0 aliphatic carbocycles. The maximum absolute atomic E-state index is 5.70. The van der Waals surface area contributed by atoms with E-state index in [1.54, 1.807) is 7.11 Å². The number of rotatable bonds is 8. The Labute approximate surface area is 126 Å². The Morgan fingerprint density at radius 2 is 1.81 bits per heavy atom. The molecule has 21 heavy (non-hydrogen) atoms. The van der Waals surface area contributed by atoms with Crippen molar-refractivity contribution in [3.05, 3.63) is 53.9 Å².